The van der Waals surface area contributed by atoms with Crippen LogP contribution in [0.3, 0.4) is 0 Å². The fourth-order valence-corrected chi connectivity index (χ4v) is 2.66. The van der Waals surface area contributed by atoms with Gasteiger partial charge < -0.3 is 15.0 Å². The molecule has 0 aromatic heterocycles. The SMILES string of the molecule is CC(C)(C)OC(=O)N1CCCC(NC(=O)CCCCBr)C1. The molecule has 1 atom stereocenters. The molecule has 1 N–H and O–H groups in total. The molecule has 1 aliphatic rings. The summed E-state index contributed by atoms with van der Waals surface area (Å²) < 4.78 is 5.38. The number of nitrogens with one attached hydrogen (secondary N) is 1. The Balaban J connectivity index is 2.38. The van der Waals surface area contributed by atoms with Gasteiger partial charge in [-0.15, -0.1) is 0 Å². The number of ether oxygens (including phenoxy) is 1. The maximum atomic E-state index is 12.0. The number of carbonyl (C=O) groups excluding carboxylic acids is 2. The van der Waals surface area contributed by atoms with Crippen LogP contribution in [0.15, 0.2) is 0 Å². The number of likely N-dealkylation sites (tertiary alicyclic amines) is 1. The minimum Gasteiger partial charge on any atom is -0.444 e. The predicted molar refractivity (Wildman–Crippen MR) is 86.6 cm³/mol. The van der Waals surface area contributed by atoms with Crippen LogP contribution in [-0.4, -0.2) is 47.0 Å². The summed E-state index contributed by atoms with van der Waals surface area (Å²) in [7, 11) is 0. The van der Waals surface area contributed by atoms with Crippen molar-refractivity contribution in [2.45, 2.75) is 64.5 Å². The summed E-state index contributed by atoms with van der Waals surface area (Å²) in [5.41, 5.74) is -0.483. The minimum absolute atomic E-state index is 0.0442. The highest BCUT2D eigenvalue weighted by Crippen LogP contribution is 2.15. The van der Waals surface area contributed by atoms with Gasteiger partial charge in [0, 0.05) is 30.9 Å². The number of rotatable bonds is 5. The predicted octanol–water partition coefficient (Wildman–Crippen LogP) is 3.07. The van der Waals surface area contributed by atoms with E-state index in [2.05, 4.69) is 21.2 Å². The van der Waals surface area contributed by atoms with E-state index in [1.807, 2.05) is 20.8 Å². The fraction of sp³-hybridized carbons (Fsp3) is 0.867. The average Bonchev–Trinajstić information content (AvgIpc) is 2.37. The number of hydrogen-bond donors (Lipinski definition) is 1. The average molecular weight is 363 g/mol. The number of halogens is 1. The molecule has 0 spiro atoms. The summed E-state index contributed by atoms with van der Waals surface area (Å²) >= 11 is 3.36. The highest BCUT2D eigenvalue weighted by Gasteiger charge is 2.28. The van der Waals surface area contributed by atoms with Crippen LogP contribution in [0.2, 0.25) is 0 Å². The van der Waals surface area contributed by atoms with Gasteiger partial charge in [-0.2, -0.15) is 0 Å². The lowest BCUT2D eigenvalue weighted by Gasteiger charge is -2.34. The first-order valence-electron chi connectivity index (χ1n) is 7.65. The second kappa shape index (κ2) is 8.61. The highest BCUT2D eigenvalue weighted by molar-refractivity contribution is 9.09. The Kier molecular flexibility index (Phi) is 7.49. The van der Waals surface area contributed by atoms with E-state index in [4.69, 9.17) is 4.74 Å². The summed E-state index contributed by atoms with van der Waals surface area (Å²) in [6.07, 6.45) is 3.96. The van der Waals surface area contributed by atoms with Gasteiger partial charge in [-0.25, -0.2) is 4.79 Å². The molecule has 2 amide bonds. The van der Waals surface area contributed by atoms with Gasteiger partial charge in [0.15, 0.2) is 0 Å². The Morgan fingerprint density at radius 2 is 2.05 bits per heavy atom. The van der Waals surface area contributed by atoms with Crippen molar-refractivity contribution in [2.24, 2.45) is 0 Å². The van der Waals surface area contributed by atoms with Gasteiger partial charge in [0.1, 0.15) is 5.60 Å². The van der Waals surface area contributed by atoms with Crippen molar-refractivity contribution in [3.8, 4) is 0 Å². The fourth-order valence-electron chi connectivity index (χ4n) is 2.27. The number of hydrogen-bond acceptors (Lipinski definition) is 3. The third-order valence-electron chi connectivity index (χ3n) is 3.23. The van der Waals surface area contributed by atoms with E-state index < -0.39 is 5.60 Å². The van der Waals surface area contributed by atoms with Crippen molar-refractivity contribution in [3.05, 3.63) is 0 Å². The Morgan fingerprint density at radius 3 is 2.67 bits per heavy atom. The molecule has 0 saturated carbocycles. The molecule has 6 heteroatoms. The Labute approximate surface area is 135 Å². The van der Waals surface area contributed by atoms with Crippen LogP contribution in [-0.2, 0) is 9.53 Å². The van der Waals surface area contributed by atoms with Gasteiger partial charge in [0.2, 0.25) is 5.91 Å². The first-order valence-corrected chi connectivity index (χ1v) is 8.77. The molecule has 122 valence electrons. The molecule has 0 bridgehead atoms. The van der Waals surface area contributed by atoms with Gasteiger partial charge in [-0.1, -0.05) is 15.9 Å². The molecule has 0 radical (unpaired) electrons. The molecule has 1 heterocycles. The molecule has 21 heavy (non-hydrogen) atoms. The van der Waals surface area contributed by atoms with Crippen LogP contribution in [0.4, 0.5) is 4.79 Å². The van der Waals surface area contributed by atoms with E-state index in [0.29, 0.717) is 19.5 Å². The molecule has 0 aromatic carbocycles. The third-order valence-corrected chi connectivity index (χ3v) is 3.79. The van der Waals surface area contributed by atoms with E-state index in [-0.39, 0.29) is 18.0 Å². The molecular weight excluding hydrogens is 336 g/mol. The zero-order valence-corrected chi connectivity index (χ0v) is 14.9. The van der Waals surface area contributed by atoms with Gasteiger partial charge in [-0.3, -0.25) is 4.79 Å². The normalized spacial score (nSPS) is 19.2. The van der Waals surface area contributed by atoms with Gasteiger partial charge in [-0.05, 0) is 46.5 Å². The number of piperidine rings is 1. The number of nitrogens with zero attached hydrogens (tertiary/aromatic N) is 1. The number of alkyl halides is 1. The van der Waals surface area contributed by atoms with Crippen molar-refractivity contribution < 1.29 is 14.3 Å². The first kappa shape index (κ1) is 18.3. The van der Waals surface area contributed by atoms with Gasteiger partial charge in [0.25, 0.3) is 0 Å². The minimum atomic E-state index is -0.483. The second-order valence-electron chi connectivity index (χ2n) is 6.48. The largest absolute Gasteiger partial charge is 0.444 e. The zero-order valence-electron chi connectivity index (χ0n) is 13.3. The van der Waals surface area contributed by atoms with Crippen molar-refractivity contribution >= 4 is 27.9 Å². The summed E-state index contributed by atoms with van der Waals surface area (Å²) in [6, 6.07) is 0.0442. The quantitative estimate of drug-likeness (QED) is 0.603. The molecule has 0 aromatic rings. The zero-order chi connectivity index (χ0) is 15.9. The van der Waals surface area contributed by atoms with E-state index >= 15 is 0 Å². The highest BCUT2D eigenvalue weighted by atomic mass is 79.9. The summed E-state index contributed by atoms with van der Waals surface area (Å²) in [6.45, 7) is 6.82. The van der Waals surface area contributed by atoms with E-state index in [1.54, 1.807) is 4.90 Å². The first-order chi connectivity index (χ1) is 9.81. The van der Waals surface area contributed by atoms with Crippen LogP contribution in [0.1, 0.15) is 52.9 Å². The number of carbonyl (C=O) groups is 2. The lowest BCUT2D eigenvalue weighted by Crippen LogP contribution is -2.50. The van der Waals surface area contributed by atoms with Crippen LogP contribution in [0.5, 0.6) is 0 Å². The molecular formula is C15H27BrN2O3. The molecule has 1 saturated heterocycles. The Hall–Kier alpha value is -0.780. The molecule has 5 nitrogen and oxygen atoms in total. The van der Waals surface area contributed by atoms with Gasteiger partial charge >= 0.3 is 6.09 Å². The Morgan fingerprint density at radius 1 is 1.33 bits per heavy atom. The van der Waals surface area contributed by atoms with E-state index in [9.17, 15) is 9.59 Å². The summed E-state index contributed by atoms with van der Waals surface area (Å²) in [5.74, 6) is 0.0759. The second-order valence-corrected chi connectivity index (χ2v) is 7.27. The molecule has 1 aliphatic heterocycles. The monoisotopic (exact) mass is 362 g/mol. The smallest absolute Gasteiger partial charge is 0.410 e. The van der Waals surface area contributed by atoms with E-state index in [0.717, 1.165) is 31.0 Å². The van der Waals surface area contributed by atoms with E-state index in [1.165, 1.54) is 0 Å². The molecule has 0 aliphatic carbocycles. The van der Waals surface area contributed by atoms with Crippen molar-refractivity contribution in [2.75, 3.05) is 18.4 Å². The van der Waals surface area contributed by atoms with Crippen molar-refractivity contribution in [3.63, 3.8) is 0 Å². The summed E-state index contributed by atoms with van der Waals surface area (Å²) in [4.78, 5) is 25.6. The number of unbranched alkanes of at least 4 members (excludes halogenated alkanes) is 1. The topological polar surface area (TPSA) is 58.6 Å². The van der Waals surface area contributed by atoms with Crippen LogP contribution >= 0.6 is 15.9 Å². The lowest BCUT2D eigenvalue weighted by atomic mass is 10.1. The lowest BCUT2D eigenvalue weighted by molar-refractivity contribution is -0.122. The standard InChI is InChI=1S/C15H27BrN2O3/c1-15(2,3)21-14(20)18-10-6-7-12(11-18)17-13(19)8-4-5-9-16/h12H,4-11H2,1-3H3,(H,17,19). The van der Waals surface area contributed by atoms with Crippen LogP contribution in [0.25, 0.3) is 0 Å². The third kappa shape index (κ3) is 7.69. The Bertz CT molecular complexity index is 355. The molecule has 1 fully saturated rings. The van der Waals surface area contributed by atoms with Crippen molar-refractivity contribution in [1.82, 2.24) is 10.2 Å². The van der Waals surface area contributed by atoms with Crippen LogP contribution < -0.4 is 5.32 Å². The summed E-state index contributed by atoms with van der Waals surface area (Å²) in [5, 5.41) is 3.95. The maximum absolute atomic E-state index is 12.0. The van der Waals surface area contributed by atoms with Gasteiger partial charge in [0.05, 0.1) is 0 Å². The molecule has 1 rings (SSSR count). The maximum Gasteiger partial charge on any atom is 0.410 e. The van der Waals surface area contributed by atoms with Crippen molar-refractivity contribution in [1.29, 1.82) is 0 Å². The number of amides is 2. The molecule has 1 unspecified atom stereocenters. The van der Waals surface area contributed by atoms with Crippen LogP contribution in [0, 0.1) is 0 Å².